The molecule has 0 saturated carbocycles. The van der Waals surface area contributed by atoms with Gasteiger partial charge in [0.2, 0.25) is 0 Å². The fourth-order valence-electron chi connectivity index (χ4n) is 4.09. The molecule has 0 aromatic heterocycles. The zero-order valence-corrected chi connectivity index (χ0v) is 22.9. The van der Waals surface area contributed by atoms with Crippen molar-refractivity contribution in [1.29, 1.82) is 0 Å². The van der Waals surface area contributed by atoms with E-state index in [9.17, 15) is 9.90 Å². The molecular weight excluding hydrogens is 474 g/mol. The molecule has 0 spiro atoms. The van der Waals surface area contributed by atoms with E-state index in [1.54, 1.807) is 12.1 Å². The minimum absolute atomic E-state index is 0.273. The molecule has 0 heterocycles. The number of carboxylic acid groups (broad SMARTS) is 1. The molecule has 0 aliphatic rings. The molecule has 0 bridgehead atoms. The van der Waals surface area contributed by atoms with Gasteiger partial charge in [-0.2, -0.15) is 0 Å². The highest BCUT2D eigenvalue weighted by Gasteiger charge is 2.17. The maximum atomic E-state index is 11.2. The van der Waals surface area contributed by atoms with Gasteiger partial charge in [0.15, 0.2) is 0 Å². The number of rotatable bonds is 7. The highest BCUT2D eigenvalue weighted by Crippen LogP contribution is 2.37. The SMILES string of the molecule is CC(C)(C)Oc1ccc(N(c2ccc(OC(C)(C)C)cc2)c2ccc(-c3ccc(C(=O)O)cc3)cc2)cc1. The van der Waals surface area contributed by atoms with Crippen LogP contribution in [0.15, 0.2) is 97.1 Å². The number of benzene rings is 4. The zero-order chi connectivity index (χ0) is 27.5. The fourth-order valence-corrected chi connectivity index (χ4v) is 4.09. The van der Waals surface area contributed by atoms with Gasteiger partial charge < -0.3 is 19.5 Å². The van der Waals surface area contributed by atoms with Gasteiger partial charge in [-0.15, -0.1) is 0 Å². The highest BCUT2D eigenvalue weighted by atomic mass is 16.5. The lowest BCUT2D eigenvalue weighted by molar-refractivity contribution is 0.0696. The number of aromatic carboxylic acids is 1. The second-order valence-electron chi connectivity index (χ2n) is 11.2. The Bertz CT molecular complexity index is 1300. The maximum Gasteiger partial charge on any atom is 0.335 e. The molecule has 0 aliphatic heterocycles. The van der Waals surface area contributed by atoms with Gasteiger partial charge in [0.1, 0.15) is 22.7 Å². The van der Waals surface area contributed by atoms with Crippen LogP contribution in [0.2, 0.25) is 0 Å². The van der Waals surface area contributed by atoms with Crippen LogP contribution < -0.4 is 14.4 Å². The minimum atomic E-state index is -0.930. The van der Waals surface area contributed by atoms with Crippen molar-refractivity contribution in [1.82, 2.24) is 0 Å². The number of hydrogen-bond acceptors (Lipinski definition) is 4. The number of nitrogens with zero attached hydrogens (tertiary/aromatic N) is 1. The van der Waals surface area contributed by atoms with Crippen molar-refractivity contribution in [3.8, 4) is 22.6 Å². The predicted octanol–water partition coefficient (Wildman–Crippen LogP) is 8.88. The molecule has 0 atom stereocenters. The summed E-state index contributed by atoms with van der Waals surface area (Å²) in [5.41, 5.74) is 4.67. The zero-order valence-electron chi connectivity index (χ0n) is 22.9. The summed E-state index contributed by atoms with van der Waals surface area (Å²) in [6.07, 6.45) is 0. The van der Waals surface area contributed by atoms with E-state index in [2.05, 4.69) is 41.3 Å². The summed E-state index contributed by atoms with van der Waals surface area (Å²) in [7, 11) is 0. The van der Waals surface area contributed by atoms with Crippen molar-refractivity contribution >= 4 is 23.0 Å². The predicted molar refractivity (Wildman–Crippen MR) is 154 cm³/mol. The first kappa shape index (κ1) is 26.8. The van der Waals surface area contributed by atoms with E-state index in [1.807, 2.05) is 90.1 Å². The molecule has 196 valence electrons. The Morgan fingerprint density at radius 2 is 0.868 bits per heavy atom. The Morgan fingerprint density at radius 3 is 1.18 bits per heavy atom. The van der Waals surface area contributed by atoms with Crippen LogP contribution in [0, 0.1) is 0 Å². The number of hydrogen-bond donors (Lipinski definition) is 1. The molecule has 0 unspecified atom stereocenters. The van der Waals surface area contributed by atoms with Crippen molar-refractivity contribution in [3.05, 3.63) is 103 Å². The van der Waals surface area contributed by atoms with E-state index in [4.69, 9.17) is 9.47 Å². The van der Waals surface area contributed by atoms with Gasteiger partial charge in [-0.1, -0.05) is 24.3 Å². The molecule has 4 aromatic carbocycles. The Kier molecular flexibility index (Phi) is 7.49. The van der Waals surface area contributed by atoms with Crippen molar-refractivity contribution in [2.45, 2.75) is 52.7 Å². The van der Waals surface area contributed by atoms with Crippen molar-refractivity contribution in [2.75, 3.05) is 4.90 Å². The third kappa shape index (κ3) is 6.94. The first-order valence-electron chi connectivity index (χ1n) is 12.7. The molecule has 4 aromatic rings. The molecule has 1 N–H and O–H groups in total. The second kappa shape index (κ2) is 10.6. The van der Waals surface area contributed by atoms with E-state index >= 15 is 0 Å². The minimum Gasteiger partial charge on any atom is -0.488 e. The number of anilines is 3. The van der Waals surface area contributed by atoms with Crippen molar-refractivity contribution in [2.24, 2.45) is 0 Å². The lowest BCUT2D eigenvalue weighted by Crippen LogP contribution is -2.23. The Morgan fingerprint density at radius 1 is 0.553 bits per heavy atom. The smallest absolute Gasteiger partial charge is 0.335 e. The summed E-state index contributed by atoms with van der Waals surface area (Å²) in [5.74, 6) is 0.700. The van der Waals surface area contributed by atoms with Crippen molar-refractivity contribution in [3.63, 3.8) is 0 Å². The van der Waals surface area contributed by atoms with Gasteiger partial charge in [-0.25, -0.2) is 4.79 Å². The van der Waals surface area contributed by atoms with Crippen LogP contribution >= 0.6 is 0 Å². The molecular formula is C33H35NO4. The molecule has 0 saturated heterocycles. The Labute approximate surface area is 225 Å². The summed E-state index contributed by atoms with van der Waals surface area (Å²) in [5, 5.41) is 9.18. The van der Waals surface area contributed by atoms with E-state index in [1.165, 1.54) is 0 Å². The van der Waals surface area contributed by atoms with E-state index in [-0.39, 0.29) is 16.8 Å². The summed E-state index contributed by atoms with van der Waals surface area (Å²) >= 11 is 0. The molecule has 0 amide bonds. The van der Waals surface area contributed by atoms with Crippen LogP contribution in [-0.4, -0.2) is 22.3 Å². The molecule has 0 aliphatic carbocycles. The maximum absolute atomic E-state index is 11.2. The highest BCUT2D eigenvalue weighted by molar-refractivity contribution is 5.88. The molecule has 4 rings (SSSR count). The van der Waals surface area contributed by atoms with E-state index < -0.39 is 5.97 Å². The van der Waals surface area contributed by atoms with Crippen LogP contribution in [0.4, 0.5) is 17.1 Å². The first-order chi connectivity index (χ1) is 17.9. The monoisotopic (exact) mass is 509 g/mol. The van der Waals surface area contributed by atoms with E-state index in [0.717, 1.165) is 39.7 Å². The summed E-state index contributed by atoms with van der Waals surface area (Å²) in [6, 6.07) is 31.3. The average Bonchev–Trinajstić information content (AvgIpc) is 2.85. The van der Waals surface area contributed by atoms with Crippen LogP contribution in [0.3, 0.4) is 0 Å². The number of ether oxygens (including phenoxy) is 2. The van der Waals surface area contributed by atoms with Gasteiger partial charge in [-0.05, 0) is 125 Å². The third-order valence-corrected chi connectivity index (χ3v) is 5.63. The van der Waals surface area contributed by atoms with Crippen LogP contribution in [-0.2, 0) is 0 Å². The standard InChI is InChI=1S/C33H35NO4/c1-32(2,3)37-29-19-15-27(16-20-29)34(28-17-21-30(22-18-28)38-33(4,5)6)26-13-11-24(12-14-26)23-7-9-25(10-8-23)31(35)36/h7-22H,1-6H3,(H,35,36). The largest absolute Gasteiger partial charge is 0.488 e. The molecule has 0 radical (unpaired) electrons. The topological polar surface area (TPSA) is 59.0 Å². The second-order valence-corrected chi connectivity index (χ2v) is 11.2. The van der Waals surface area contributed by atoms with Crippen molar-refractivity contribution < 1.29 is 19.4 Å². The Balaban J connectivity index is 1.68. The summed E-state index contributed by atoms with van der Waals surface area (Å²) in [6.45, 7) is 12.2. The third-order valence-electron chi connectivity index (χ3n) is 5.63. The average molecular weight is 510 g/mol. The molecule has 38 heavy (non-hydrogen) atoms. The number of carboxylic acids is 1. The van der Waals surface area contributed by atoms with Gasteiger partial charge >= 0.3 is 5.97 Å². The van der Waals surface area contributed by atoms with Crippen LogP contribution in [0.1, 0.15) is 51.9 Å². The van der Waals surface area contributed by atoms with Crippen LogP contribution in [0.5, 0.6) is 11.5 Å². The van der Waals surface area contributed by atoms with E-state index in [0.29, 0.717) is 0 Å². The molecule has 5 heteroatoms. The molecule has 0 fully saturated rings. The summed E-state index contributed by atoms with van der Waals surface area (Å²) < 4.78 is 12.1. The van der Waals surface area contributed by atoms with Gasteiger partial charge in [0.25, 0.3) is 0 Å². The van der Waals surface area contributed by atoms with Gasteiger partial charge in [-0.3, -0.25) is 0 Å². The lowest BCUT2D eigenvalue weighted by Gasteiger charge is -2.27. The quantitative estimate of drug-likeness (QED) is 0.270. The van der Waals surface area contributed by atoms with Gasteiger partial charge in [0.05, 0.1) is 5.56 Å². The number of carbonyl (C=O) groups is 1. The van der Waals surface area contributed by atoms with Crippen LogP contribution in [0.25, 0.3) is 11.1 Å². The summed E-state index contributed by atoms with van der Waals surface area (Å²) in [4.78, 5) is 13.4. The fraction of sp³-hybridized carbons (Fsp3) is 0.242. The molecule has 5 nitrogen and oxygen atoms in total. The Hall–Kier alpha value is -4.25. The lowest BCUT2D eigenvalue weighted by atomic mass is 10.0. The normalized spacial score (nSPS) is 11.6. The van der Waals surface area contributed by atoms with Gasteiger partial charge in [0, 0.05) is 17.1 Å². The first-order valence-corrected chi connectivity index (χ1v) is 12.7.